The molecule has 0 heterocycles. The lowest BCUT2D eigenvalue weighted by Gasteiger charge is -2.14. The van der Waals surface area contributed by atoms with Crippen LogP contribution in [-0.4, -0.2) is 14.7 Å². The molecule has 0 aliphatic carbocycles. The Labute approximate surface area is 100 Å². The monoisotopic (exact) mass is 266 g/mol. The Bertz CT molecular complexity index is 490. The zero-order chi connectivity index (χ0) is 12.0. The molecule has 0 amide bonds. The molecule has 0 fully saturated rings. The lowest BCUT2D eigenvalue weighted by atomic mass is 10.0. The van der Waals surface area contributed by atoms with Crippen LogP contribution in [0.1, 0.15) is 16.7 Å². The highest BCUT2D eigenvalue weighted by Crippen LogP contribution is 2.37. The molecule has 0 spiro atoms. The van der Waals surface area contributed by atoms with Gasteiger partial charge in [-0.2, -0.15) is 0 Å². The number of hydrogen-bond acceptors (Lipinski definition) is 2. The van der Waals surface area contributed by atoms with Crippen molar-refractivity contribution in [1.29, 1.82) is 0 Å². The summed E-state index contributed by atoms with van der Waals surface area (Å²) in [4.78, 5) is 0.136. The van der Waals surface area contributed by atoms with E-state index in [0.717, 1.165) is 17.4 Å². The van der Waals surface area contributed by atoms with Crippen molar-refractivity contribution in [2.45, 2.75) is 25.7 Å². The molecule has 0 aliphatic rings. The van der Waals surface area contributed by atoms with E-state index in [1.54, 1.807) is 6.92 Å². The van der Waals surface area contributed by atoms with Gasteiger partial charge in [-0.15, -0.1) is 0 Å². The highest BCUT2D eigenvalue weighted by molar-refractivity contribution is 7.90. The zero-order valence-electron chi connectivity index (χ0n) is 8.98. The fourth-order valence-electron chi connectivity index (χ4n) is 1.49. The molecule has 2 nitrogen and oxygen atoms in total. The van der Waals surface area contributed by atoms with Gasteiger partial charge in [0.1, 0.15) is 0 Å². The van der Waals surface area contributed by atoms with Crippen molar-refractivity contribution in [3.05, 3.63) is 26.7 Å². The van der Waals surface area contributed by atoms with E-state index in [4.69, 9.17) is 23.2 Å². The first-order chi connectivity index (χ1) is 6.68. The van der Waals surface area contributed by atoms with Crippen molar-refractivity contribution in [3.8, 4) is 0 Å². The summed E-state index contributed by atoms with van der Waals surface area (Å²) in [5, 5.41) is 0.444. The van der Waals surface area contributed by atoms with Crippen LogP contribution in [0.25, 0.3) is 0 Å². The fourth-order valence-corrected chi connectivity index (χ4v) is 3.62. The van der Waals surface area contributed by atoms with E-state index < -0.39 is 9.84 Å². The summed E-state index contributed by atoms with van der Waals surface area (Å²) in [6.07, 6.45) is 1.13. The van der Waals surface area contributed by atoms with Gasteiger partial charge < -0.3 is 0 Å². The van der Waals surface area contributed by atoms with Gasteiger partial charge in [-0.1, -0.05) is 23.2 Å². The molecule has 0 saturated heterocycles. The Kier molecular flexibility index (Phi) is 3.39. The van der Waals surface area contributed by atoms with Gasteiger partial charge in [0, 0.05) is 6.26 Å². The second-order valence-corrected chi connectivity index (χ2v) is 6.31. The van der Waals surface area contributed by atoms with Gasteiger partial charge in [-0.3, -0.25) is 0 Å². The standard InChI is InChI=1S/C10H12Cl2O2S/c1-5-6(2)8(11)9(12)10(7(5)3)15(4,13)14/h1-4H3. The third-order valence-electron chi connectivity index (χ3n) is 2.56. The van der Waals surface area contributed by atoms with Gasteiger partial charge >= 0.3 is 0 Å². The molecule has 0 aromatic heterocycles. The van der Waals surface area contributed by atoms with E-state index in [9.17, 15) is 8.42 Å². The third-order valence-corrected chi connectivity index (χ3v) is 4.87. The van der Waals surface area contributed by atoms with Gasteiger partial charge in [0.05, 0.1) is 14.9 Å². The van der Waals surface area contributed by atoms with E-state index in [-0.39, 0.29) is 9.92 Å². The number of hydrogen-bond donors (Lipinski definition) is 0. The lowest BCUT2D eigenvalue weighted by Crippen LogP contribution is -2.05. The van der Waals surface area contributed by atoms with E-state index >= 15 is 0 Å². The third kappa shape index (κ3) is 2.14. The molecule has 1 aromatic carbocycles. The first-order valence-corrected chi connectivity index (χ1v) is 6.97. The second-order valence-electron chi connectivity index (χ2n) is 3.60. The van der Waals surface area contributed by atoms with Gasteiger partial charge in [-0.25, -0.2) is 8.42 Å². The Morgan fingerprint density at radius 1 is 0.867 bits per heavy atom. The minimum Gasteiger partial charge on any atom is -0.224 e. The summed E-state index contributed by atoms with van der Waals surface area (Å²) in [6, 6.07) is 0. The number of benzene rings is 1. The van der Waals surface area contributed by atoms with Crippen LogP contribution in [0.15, 0.2) is 4.90 Å². The Balaban J connectivity index is 3.84. The average molecular weight is 267 g/mol. The first kappa shape index (κ1) is 12.8. The SMILES string of the molecule is Cc1c(C)c(Cl)c(Cl)c(S(C)(=O)=O)c1C. The fraction of sp³-hybridized carbons (Fsp3) is 0.400. The Morgan fingerprint density at radius 2 is 1.33 bits per heavy atom. The normalized spacial score (nSPS) is 11.9. The van der Waals surface area contributed by atoms with Crippen molar-refractivity contribution < 1.29 is 8.42 Å². The predicted octanol–water partition coefficient (Wildman–Crippen LogP) is 3.32. The van der Waals surface area contributed by atoms with Gasteiger partial charge in [-0.05, 0) is 37.5 Å². The summed E-state index contributed by atoms with van der Waals surface area (Å²) < 4.78 is 23.1. The van der Waals surface area contributed by atoms with Gasteiger partial charge in [0.2, 0.25) is 0 Å². The minimum absolute atomic E-state index is 0.125. The Morgan fingerprint density at radius 3 is 1.73 bits per heavy atom. The minimum atomic E-state index is -3.34. The second kappa shape index (κ2) is 3.96. The molecule has 0 N–H and O–H groups in total. The molecule has 1 rings (SSSR count). The average Bonchev–Trinajstić information content (AvgIpc) is 2.09. The first-order valence-electron chi connectivity index (χ1n) is 4.32. The molecule has 1 aromatic rings. The van der Waals surface area contributed by atoms with Crippen LogP contribution < -0.4 is 0 Å². The largest absolute Gasteiger partial charge is 0.224 e. The molecule has 0 bridgehead atoms. The molecule has 0 unspecified atom stereocenters. The maximum Gasteiger partial charge on any atom is 0.177 e. The quantitative estimate of drug-likeness (QED) is 0.782. The highest BCUT2D eigenvalue weighted by atomic mass is 35.5. The molecule has 0 aliphatic heterocycles. The van der Waals surface area contributed by atoms with E-state index in [0.29, 0.717) is 10.6 Å². The van der Waals surface area contributed by atoms with Crippen LogP contribution in [0, 0.1) is 20.8 Å². The van der Waals surface area contributed by atoms with Crippen LogP contribution in [0.3, 0.4) is 0 Å². The molecule has 5 heteroatoms. The number of halogens is 2. The van der Waals surface area contributed by atoms with Crippen LogP contribution in [0.2, 0.25) is 10.0 Å². The summed E-state index contributed by atoms with van der Waals surface area (Å²) in [5.74, 6) is 0. The molecule has 15 heavy (non-hydrogen) atoms. The molecular weight excluding hydrogens is 255 g/mol. The van der Waals surface area contributed by atoms with Crippen molar-refractivity contribution in [3.63, 3.8) is 0 Å². The van der Waals surface area contributed by atoms with Crippen molar-refractivity contribution in [2.24, 2.45) is 0 Å². The topological polar surface area (TPSA) is 34.1 Å². The van der Waals surface area contributed by atoms with Crippen molar-refractivity contribution >= 4 is 33.0 Å². The number of rotatable bonds is 1. The molecule has 0 radical (unpaired) electrons. The van der Waals surface area contributed by atoms with Crippen LogP contribution in [-0.2, 0) is 9.84 Å². The van der Waals surface area contributed by atoms with Crippen LogP contribution in [0.5, 0.6) is 0 Å². The maximum atomic E-state index is 11.5. The summed E-state index contributed by atoms with van der Waals surface area (Å²) in [7, 11) is -3.34. The maximum absolute atomic E-state index is 11.5. The van der Waals surface area contributed by atoms with E-state index in [2.05, 4.69) is 0 Å². The van der Waals surface area contributed by atoms with Crippen LogP contribution in [0.4, 0.5) is 0 Å². The zero-order valence-corrected chi connectivity index (χ0v) is 11.3. The van der Waals surface area contributed by atoms with E-state index in [1.807, 2.05) is 13.8 Å². The molecule has 0 atom stereocenters. The highest BCUT2D eigenvalue weighted by Gasteiger charge is 2.21. The molecular formula is C10H12Cl2O2S. The van der Waals surface area contributed by atoms with Gasteiger partial charge in [0.25, 0.3) is 0 Å². The van der Waals surface area contributed by atoms with Crippen molar-refractivity contribution in [1.82, 2.24) is 0 Å². The summed E-state index contributed by atoms with van der Waals surface area (Å²) in [5.41, 5.74) is 2.36. The summed E-state index contributed by atoms with van der Waals surface area (Å²) >= 11 is 11.9. The van der Waals surface area contributed by atoms with E-state index in [1.165, 1.54) is 0 Å². The summed E-state index contributed by atoms with van der Waals surface area (Å²) in [6.45, 7) is 5.39. The van der Waals surface area contributed by atoms with Gasteiger partial charge in [0.15, 0.2) is 9.84 Å². The molecule has 0 saturated carbocycles. The lowest BCUT2D eigenvalue weighted by molar-refractivity contribution is 0.601. The number of sulfone groups is 1. The Hall–Kier alpha value is -0.250. The predicted molar refractivity (Wildman–Crippen MR) is 63.8 cm³/mol. The van der Waals surface area contributed by atoms with Crippen LogP contribution >= 0.6 is 23.2 Å². The van der Waals surface area contributed by atoms with Crippen molar-refractivity contribution in [2.75, 3.05) is 6.26 Å². The smallest absolute Gasteiger partial charge is 0.177 e. The molecule has 84 valence electrons.